The molecule has 3 heterocycles. The van der Waals surface area contributed by atoms with E-state index in [0.29, 0.717) is 54.7 Å². The quantitative estimate of drug-likeness (QED) is 0.362. The number of amides is 1. The van der Waals surface area contributed by atoms with Gasteiger partial charge in [-0.05, 0) is 42.5 Å². The van der Waals surface area contributed by atoms with E-state index in [4.69, 9.17) is 9.15 Å². The summed E-state index contributed by atoms with van der Waals surface area (Å²) in [5, 5.41) is 14.4. The maximum absolute atomic E-state index is 12.8. The zero-order valence-corrected chi connectivity index (χ0v) is 17.4. The van der Waals surface area contributed by atoms with Crippen molar-refractivity contribution in [3.8, 4) is 11.5 Å². The van der Waals surface area contributed by atoms with Gasteiger partial charge in [0, 0.05) is 48.4 Å². The van der Waals surface area contributed by atoms with Crippen molar-refractivity contribution in [3.63, 3.8) is 0 Å². The van der Waals surface area contributed by atoms with Gasteiger partial charge < -0.3 is 19.4 Å². The molecule has 1 fully saturated rings. The molecule has 1 amide bonds. The highest BCUT2D eigenvalue weighted by Gasteiger charge is 2.23. The number of hydrogen-bond acceptors (Lipinski definition) is 8. The lowest BCUT2D eigenvalue weighted by Crippen LogP contribution is -2.36. The summed E-state index contributed by atoms with van der Waals surface area (Å²) in [7, 11) is 0. The lowest BCUT2D eigenvalue weighted by atomic mass is 10.1. The lowest BCUT2D eigenvalue weighted by molar-refractivity contribution is -0.384. The Morgan fingerprint density at radius 1 is 1.06 bits per heavy atom. The Balaban J connectivity index is 1.38. The topological polar surface area (TPSA) is 124 Å². The van der Waals surface area contributed by atoms with Crippen LogP contribution in [0.25, 0.3) is 22.6 Å². The molecule has 1 N–H and O–H groups in total. The largest absolute Gasteiger partial charge is 0.436 e. The van der Waals surface area contributed by atoms with Crippen molar-refractivity contribution in [2.75, 3.05) is 36.5 Å². The van der Waals surface area contributed by atoms with Crippen molar-refractivity contribution in [3.05, 3.63) is 76.6 Å². The number of benzene rings is 2. The molecule has 0 spiro atoms. The van der Waals surface area contributed by atoms with Crippen LogP contribution in [0.2, 0.25) is 0 Å². The van der Waals surface area contributed by atoms with Crippen molar-refractivity contribution in [1.82, 2.24) is 9.97 Å². The van der Waals surface area contributed by atoms with Gasteiger partial charge >= 0.3 is 0 Å². The van der Waals surface area contributed by atoms with Crippen molar-refractivity contribution < 1.29 is 18.9 Å². The smallest absolute Gasteiger partial charge is 0.293 e. The average molecular weight is 445 g/mol. The third-order valence-electron chi connectivity index (χ3n) is 5.36. The van der Waals surface area contributed by atoms with Crippen LogP contribution in [0.15, 0.2) is 65.3 Å². The molecule has 2 aromatic heterocycles. The first-order chi connectivity index (χ1) is 16.1. The highest BCUT2D eigenvalue weighted by Crippen LogP contribution is 2.31. The van der Waals surface area contributed by atoms with Crippen LogP contribution < -0.4 is 10.2 Å². The van der Waals surface area contributed by atoms with Gasteiger partial charge in [0.25, 0.3) is 11.6 Å². The van der Waals surface area contributed by atoms with E-state index in [2.05, 4.69) is 15.3 Å². The Morgan fingerprint density at radius 3 is 2.61 bits per heavy atom. The van der Waals surface area contributed by atoms with Crippen molar-refractivity contribution >= 4 is 34.1 Å². The van der Waals surface area contributed by atoms with Crippen LogP contribution in [0.4, 0.5) is 17.1 Å². The fourth-order valence-electron chi connectivity index (χ4n) is 3.71. The van der Waals surface area contributed by atoms with Gasteiger partial charge in [0.05, 0.1) is 18.1 Å². The van der Waals surface area contributed by atoms with E-state index in [9.17, 15) is 14.9 Å². The van der Waals surface area contributed by atoms with Crippen LogP contribution in [-0.2, 0) is 4.74 Å². The Hall–Kier alpha value is -4.31. The maximum atomic E-state index is 12.8. The molecular weight excluding hydrogens is 426 g/mol. The summed E-state index contributed by atoms with van der Waals surface area (Å²) in [5.41, 5.74) is 3.00. The SMILES string of the molecule is O=C(Nc1ccc2oc(-c3ccncc3)nc2c1)c1ccc(N2CCOCC2)c([N+](=O)[O-])c1. The number of rotatable bonds is 5. The van der Waals surface area contributed by atoms with Gasteiger partial charge in [-0.2, -0.15) is 0 Å². The summed E-state index contributed by atoms with van der Waals surface area (Å²) in [5.74, 6) is -0.00553. The van der Waals surface area contributed by atoms with Crippen LogP contribution in [0.3, 0.4) is 0 Å². The molecule has 0 radical (unpaired) electrons. The minimum absolute atomic E-state index is 0.113. The molecule has 1 aliphatic heterocycles. The molecule has 10 heteroatoms. The summed E-state index contributed by atoms with van der Waals surface area (Å²) in [6.07, 6.45) is 3.30. The number of morpholine rings is 1. The first kappa shape index (κ1) is 20.6. The number of pyridine rings is 1. The normalized spacial score (nSPS) is 13.8. The van der Waals surface area contributed by atoms with Crippen molar-refractivity contribution in [2.24, 2.45) is 0 Å². The fourth-order valence-corrected chi connectivity index (χ4v) is 3.71. The summed E-state index contributed by atoms with van der Waals surface area (Å²) in [4.78, 5) is 34.4. The van der Waals surface area contributed by atoms with E-state index in [-0.39, 0.29) is 11.3 Å². The van der Waals surface area contributed by atoms with E-state index in [0.717, 1.165) is 5.56 Å². The van der Waals surface area contributed by atoms with Crippen LogP contribution in [0, 0.1) is 10.1 Å². The monoisotopic (exact) mass is 445 g/mol. The number of aromatic nitrogens is 2. The standard InChI is InChI=1S/C23H19N5O5/c29-22(16-1-3-19(20(13-16)28(30)31)27-9-11-32-12-10-27)25-17-2-4-21-18(14-17)26-23(33-21)15-5-7-24-8-6-15/h1-8,13-14H,9-12H2,(H,25,29). The van der Waals surface area contributed by atoms with Gasteiger partial charge in [0.15, 0.2) is 5.58 Å². The summed E-state index contributed by atoms with van der Waals surface area (Å²) < 4.78 is 11.1. The number of oxazole rings is 1. The minimum Gasteiger partial charge on any atom is -0.436 e. The average Bonchev–Trinajstić information content (AvgIpc) is 3.28. The molecular formula is C23H19N5O5. The number of nitrogens with one attached hydrogen (secondary N) is 1. The molecule has 4 aromatic rings. The third kappa shape index (κ3) is 4.23. The molecule has 10 nitrogen and oxygen atoms in total. The van der Waals surface area contributed by atoms with Gasteiger partial charge in [-0.1, -0.05) is 0 Å². The summed E-state index contributed by atoms with van der Waals surface area (Å²) >= 11 is 0. The van der Waals surface area contributed by atoms with Crippen LogP contribution in [0.5, 0.6) is 0 Å². The Kier molecular flexibility index (Phi) is 5.41. The van der Waals surface area contributed by atoms with E-state index >= 15 is 0 Å². The van der Waals surface area contributed by atoms with Gasteiger partial charge in [-0.25, -0.2) is 4.98 Å². The van der Waals surface area contributed by atoms with Gasteiger partial charge in [0.2, 0.25) is 5.89 Å². The second-order valence-electron chi connectivity index (χ2n) is 7.45. The number of nitro benzene ring substituents is 1. The second-order valence-corrected chi connectivity index (χ2v) is 7.45. The zero-order valence-electron chi connectivity index (χ0n) is 17.4. The number of carbonyl (C=O) groups is 1. The van der Waals surface area contributed by atoms with E-state index < -0.39 is 10.8 Å². The molecule has 0 aliphatic carbocycles. The molecule has 33 heavy (non-hydrogen) atoms. The first-order valence-corrected chi connectivity index (χ1v) is 10.3. The van der Waals surface area contributed by atoms with Crippen LogP contribution >= 0.6 is 0 Å². The predicted molar refractivity (Wildman–Crippen MR) is 121 cm³/mol. The molecule has 2 aromatic carbocycles. The van der Waals surface area contributed by atoms with Gasteiger partial charge in [0.1, 0.15) is 11.2 Å². The molecule has 0 bridgehead atoms. The number of nitrogens with zero attached hydrogens (tertiary/aromatic N) is 4. The summed E-state index contributed by atoms with van der Waals surface area (Å²) in [6, 6.07) is 13.2. The third-order valence-corrected chi connectivity index (χ3v) is 5.36. The number of carbonyl (C=O) groups excluding carboxylic acids is 1. The van der Waals surface area contributed by atoms with E-state index in [1.165, 1.54) is 6.07 Å². The summed E-state index contributed by atoms with van der Waals surface area (Å²) in [6.45, 7) is 2.14. The van der Waals surface area contributed by atoms with Crippen molar-refractivity contribution in [2.45, 2.75) is 0 Å². The lowest BCUT2D eigenvalue weighted by Gasteiger charge is -2.28. The Bertz CT molecular complexity index is 1330. The molecule has 166 valence electrons. The highest BCUT2D eigenvalue weighted by molar-refractivity contribution is 6.05. The molecule has 5 rings (SSSR count). The molecule has 0 saturated carbocycles. The van der Waals surface area contributed by atoms with E-state index in [1.54, 1.807) is 54.9 Å². The molecule has 1 saturated heterocycles. The van der Waals surface area contributed by atoms with Crippen LogP contribution in [-0.4, -0.2) is 47.1 Å². The molecule has 0 atom stereocenters. The number of hydrogen-bond donors (Lipinski definition) is 1. The molecule has 1 aliphatic rings. The van der Waals surface area contributed by atoms with Gasteiger partial charge in [-0.3, -0.25) is 19.9 Å². The number of fused-ring (bicyclic) bond motifs is 1. The number of ether oxygens (including phenoxy) is 1. The Labute approximate surface area is 188 Å². The van der Waals surface area contributed by atoms with Gasteiger partial charge in [-0.15, -0.1) is 0 Å². The second kappa shape index (κ2) is 8.67. The Morgan fingerprint density at radius 2 is 1.85 bits per heavy atom. The highest BCUT2D eigenvalue weighted by atomic mass is 16.6. The molecule has 0 unspecified atom stereocenters. The predicted octanol–water partition coefficient (Wildman–Crippen LogP) is 3.89. The van der Waals surface area contributed by atoms with Crippen LogP contribution in [0.1, 0.15) is 10.4 Å². The number of anilines is 2. The minimum atomic E-state index is -0.469. The fraction of sp³-hybridized carbons (Fsp3) is 0.174. The zero-order chi connectivity index (χ0) is 22.8. The number of nitro groups is 1. The maximum Gasteiger partial charge on any atom is 0.293 e. The van der Waals surface area contributed by atoms with E-state index in [1.807, 2.05) is 4.90 Å². The van der Waals surface area contributed by atoms with Crippen molar-refractivity contribution in [1.29, 1.82) is 0 Å². The first-order valence-electron chi connectivity index (χ1n) is 10.3.